The van der Waals surface area contributed by atoms with Crippen molar-refractivity contribution in [2.75, 3.05) is 0 Å². The molecule has 0 aliphatic heterocycles. The van der Waals surface area contributed by atoms with Crippen molar-refractivity contribution in [3.8, 4) is 11.4 Å². The fraction of sp³-hybridized carbons (Fsp3) is 0.222. The zero-order chi connectivity index (χ0) is 10.8. The first-order chi connectivity index (χ1) is 7.18. The van der Waals surface area contributed by atoms with Crippen molar-refractivity contribution in [3.63, 3.8) is 0 Å². The molecule has 0 radical (unpaired) electrons. The van der Waals surface area contributed by atoms with Crippen LogP contribution in [-0.2, 0) is 0 Å². The number of hydrogen-bond donors (Lipinski definition) is 2. The number of hydrogen-bond acceptors (Lipinski definition) is 5. The smallest absolute Gasteiger partial charge is 0.173 e. The maximum absolute atomic E-state index is 9.33. The number of aromatic hydroxyl groups is 1. The molecule has 0 fully saturated rings. The van der Waals surface area contributed by atoms with Crippen molar-refractivity contribution in [3.05, 3.63) is 30.1 Å². The lowest BCUT2D eigenvalue weighted by Gasteiger charge is -2.06. The lowest BCUT2D eigenvalue weighted by molar-refractivity contribution is 0.474. The number of nitrogens with two attached hydrogens (primary N) is 1. The SMILES string of the molecule is CC(N)c1nnnn1-c1cccc(O)c1. The van der Waals surface area contributed by atoms with E-state index in [-0.39, 0.29) is 11.8 Å². The maximum Gasteiger partial charge on any atom is 0.173 e. The standard InChI is InChI=1S/C9H11N5O/c1-6(10)9-11-12-13-14(9)7-3-2-4-8(15)5-7/h2-6,15H,10H2,1H3. The molecule has 6 heteroatoms. The van der Waals surface area contributed by atoms with Crippen LogP contribution in [0.1, 0.15) is 18.8 Å². The molecule has 0 bridgehead atoms. The molecule has 1 unspecified atom stereocenters. The average Bonchev–Trinajstić information content (AvgIpc) is 2.65. The van der Waals surface area contributed by atoms with Crippen molar-refractivity contribution in [2.24, 2.45) is 5.73 Å². The Kier molecular flexibility index (Phi) is 2.34. The Bertz CT molecular complexity index is 465. The number of tetrazole rings is 1. The van der Waals surface area contributed by atoms with Crippen LogP contribution < -0.4 is 5.73 Å². The molecule has 3 N–H and O–H groups in total. The summed E-state index contributed by atoms with van der Waals surface area (Å²) in [4.78, 5) is 0. The van der Waals surface area contributed by atoms with E-state index in [1.807, 2.05) is 0 Å². The summed E-state index contributed by atoms with van der Waals surface area (Å²) >= 11 is 0. The van der Waals surface area contributed by atoms with Crippen LogP contribution in [0.4, 0.5) is 0 Å². The zero-order valence-electron chi connectivity index (χ0n) is 8.20. The van der Waals surface area contributed by atoms with Gasteiger partial charge in [-0.3, -0.25) is 0 Å². The van der Waals surface area contributed by atoms with Gasteiger partial charge in [0.25, 0.3) is 0 Å². The van der Waals surface area contributed by atoms with Crippen LogP contribution in [0.15, 0.2) is 24.3 Å². The second kappa shape index (κ2) is 3.66. The van der Waals surface area contributed by atoms with Crippen LogP contribution in [0, 0.1) is 0 Å². The number of phenols is 1. The van der Waals surface area contributed by atoms with Gasteiger partial charge >= 0.3 is 0 Å². The summed E-state index contributed by atoms with van der Waals surface area (Å²) in [6, 6.07) is 6.41. The zero-order valence-corrected chi connectivity index (χ0v) is 8.20. The van der Waals surface area contributed by atoms with E-state index in [4.69, 9.17) is 5.73 Å². The first kappa shape index (κ1) is 9.60. The monoisotopic (exact) mass is 205 g/mol. The Morgan fingerprint density at radius 1 is 1.47 bits per heavy atom. The van der Waals surface area contributed by atoms with Crippen molar-refractivity contribution < 1.29 is 5.11 Å². The molecule has 1 atom stereocenters. The van der Waals surface area contributed by atoms with Gasteiger partial charge in [-0.05, 0) is 29.5 Å². The lowest BCUT2D eigenvalue weighted by atomic mass is 10.3. The molecule has 6 nitrogen and oxygen atoms in total. The van der Waals surface area contributed by atoms with E-state index in [0.717, 1.165) is 0 Å². The van der Waals surface area contributed by atoms with Gasteiger partial charge in [0.15, 0.2) is 5.82 Å². The normalized spacial score (nSPS) is 12.7. The summed E-state index contributed by atoms with van der Waals surface area (Å²) in [5, 5.41) is 20.5. The Morgan fingerprint density at radius 2 is 2.27 bits per heavy atom. The molecule has 2 aromatic rings. The van der Waals surface area contributed by atoms with Gasteiger partial charge in [-0.2, -0.15) is 4.68 Å². The van der Waals surface area contributed by atoms with Gasteiger partial charge in [0, 0.05) is 6.07 Å². The van der Waals surface area contributed by atoms with E-state index in [9.17, 15) is 5.11 Å². The highest BCUT2D eigenvalue weighted by Gasteiger charge is 2.11. The summed E-state index contributed by atoms with van der Waals surface area (Å²) < 4.78 is 1.50. The fourth-order valence-electron chi connectivity index (χ4n) is 1.29. The van der Waals surface area contributed by atoms with Gasteiger partial charge in [-0.1, -0.05) is 6.07 Å². The molecule has 1 aromatic heterocycles. The molecule has 15 heavy (non-hydrogen) atoms. The van der Waals surface area contributed by atoms with Crippen LogP contribution in [-0.4, -0.2) is 25.3 Å². The molecule has 0 saturated carbocycles. The van der Waals surface area contributed by atoms with Gasteiger partial charge in [-0.25, -0.2) is 0 Å². The maximum atomic E-state index is 9.33. The summed E-state index contributed by atoms with van der Waals surface area (Å²) in [5.74, 6) is 0.722. The second-order valence-corrected chi connectivity index (χ2v) is 3.26. The minimum absolute atomic E-state index is 0.165. The number of rotatable bonds is 2. The third-order valence-corrected chi connectivity index (χ3v) is 1.98. The summed E-state index contributed by atoms with van der Waals surface area (Å²) in [6.07, 6.45) is 0. The number of nitrogens with zero attached hydrogens (tertiary/aromatic N) is 4. The van der Waals surface area contributed by atoms with Crippen molar-refractivity contribution in [1.29, 1.82) is 0 Å². The quantitative estimate of drug-likeness (QED) is 0.740. The first-order valence-electron chi connectivity index (χ1n) is 4.52. The minimum Gasteiger partial charge on any atom is -0.508 e. The number of phenolic OH excluding ortho intramolecular Hbond substituents is 1. The van der Waals surface area contributed by atoms with E-state index in [1.54, 1.807) is 31.2 Å². The molecule has 0 spiro atoms. The molecule has 2 rings (SSSR count). The third-order valence-electron chi connectivity index (χ3n) is 1.98. The van der Waals surface area contributed by atoms with E-state index >= 15 is 0 Å². The van der Waals surface area contributed by atoms with E-state index in [2.05, 4.69) is 15.5 Å². The van der Waals surface area contributed by atoms with Crippen LogP contribution in [0.5, 0.6) is 5.75 Å². The highest BCUT2D eigenvalue weighted by molar-refractivity contribution is 5.38. The van der Waals surface area contributed by atoms with Gasteiger partial charge < -0.3 is 10.8 Å². The Balaban J connectivity index is 2.49. The number of benzene rings is 1. The predicted octanol–water partition coefficient (Wildman–Crippen LogP) is 0.388. The Hall–Kier alpha value is -1.95. The van der Waals surface area contributed by atoms with E-state index < -0.39 is 0 Å². The average molecular weight is 205 g/mol. The molecule has 0 amide bonds. The Labute approximate surface area is 86.3 Å². The van der Waals surface area contributed by atoms with Crippen LogP contribution in [0.3, 0.4) is 0 Å². The Morgan fingerprint density at radius 3 is 2.93 bits per heavy atom. The van der Waals surface area contributed by atoms with E-state index in [1.165, 1.54) is 4.68 Å². The van der Waals surface area contributed by atoms with Crippen LogP contribution in [0.25, 0.3) is 5.69 Å². The van der Waals surface area contributed by atoms with Crippen LogP contribution in [0.2, 0.25) is 0 Å². The molecule has 0 saturated heterocycles. The highest BCUT2D eigenvalue weighted by Crippen LogP contribution is 2.16. The molecule has 0 aliphatic carbocycles. The van der Waals surface area contributed by atoms with Gasteiger partial charge in [0.05, 0.1) is 11.7 Å². The third kappa shape index (κ3) is 1.79. The molecular formula is C9H11N5O. The highest BCUT2D eigenvalue weighted by atomic mass is 16.3. The molecule has 78 valence electrons. The molecular weight excluding hydrogens is 194 g/mol. The second-order valence-electron chi connectivity index (χ2n) is 3.26. The lowest BCUT2D eigenvalue weighted by Crippen LogP contribution is -2.13. The van der Waals surface area contributed by atoms with Gasteiger partial charge in [-0.15, -0.1) is 5.10 Å². The summed E-state index contributed by atoms with van der Waals surface area (Å²) in [6.45, 7) is 1.80. The van der Waals surface area contributed by atoms with Crippen LogP contribution >= 0.6 is 0 Å². The largest absolute Gasteiger partial charge is 0.508 e. The topological polar surface area (TPSA) is 89.9 Å². The molecule has 0 aliphatic rings. The first-order valence-corrected chi connectivity index (χ1v) is 4.52. The molecule has 1 aromatic carbocycles. The van der Waals surface area contributed by atoms with Gasteiger partial charge in [0.2, 0.25) is 0 Å². The predicted molar refractivity (Wildman–Crippen MR) is 53.4 cm³/mol. The minimum atomic E-state index is -0.262. The molecule has 1 heterocycles. The van der Waals surface area contributed by atoms with Crippen molar-refractivity contribution in [1.82, 2.24) is 20.2 Å². The summed E-state index contributed by atoms with van der Waals surface area (Å²) in [5.41, 5.74) is 6.40. The van der Waals surface area contributed by atoms with Gasteiger partial charge in [0.1, 0.15) is 5.75 Å². The van der Waals surface area contributed by atoms with Crippen molar-refractivity contribution >= 4 is 0 Å². The fourth-order valence-corrected chi connectivity index (χ4v) is 1.29. The number of aromatic nitrogens is 4. The van der Waals surface area contributed by atoms with Crippen molar-refractivity contribution in [2.45, 2.75) is 13.0 Å². The van der Waals surface area contributed by atoms with E-state index in [0.29, 0.717) is 11.5 Å². The summed E-state index contributed by atoms with van der Waals surface area (Å²) in [7, 11) is 0.